The largest absolute Gasteiger partial charge is 0.490 e. The summed E-state index contributed by atoms with van der Waals surface area (Å²) >= 11 is 0. The number of benzene rings is 1. The van der Waals surface area contributed by atoms with E-state index in [-0.39, 0.29) is 18.4 Å². The number of ether oxygens (including phenoxy) is 2. The molecule has 0 unspecified atom stereocenters. The minimum Gasteiger partial charge on any atom is -0.490 e. The van der Waals surface area contributed by atoms with Crippen LogP contribution in [0.25, 0.3) is 0 Å². The van der Waals surface area contributed by atoms with Gasteiger partial charge in [-0.15, -0.1) is 0 Å². The van der Waals surface area contributed by atoms with Crippen LogP contribution in [0.1, 0.15) is 46.6 Å². The maximum absolute atomic E-state index is 12.8. The Kier molecular flexibility index (Phi) is 9.99. The molecule has 2 atom stereocenters. The van der Waals surface area contributed by atoms with Crippen molar-refractivity contribution in [2.45, 2.75) is 53.5 Å². The van der Waals surface area contributed by atoms with Crippen LogP contribution >= 0.6 is 0 Å². The van der Waals surface area contributed by atoms with Gasteiger partial charge in [0.2, 0.25) is 5.91 Å². The zero-order valence-corrected chi connectivity index (χ0v) is 17.9. The molecule has 0 heterocycles. The number of carbonyl (C=O) groups excluding carboxylic acids is 2. The molecule has 0 spiro atoms. The molecule has 1 aromatic carbocycles. The second-order valence-electron chi connectivity index (χ2n) is 6.73. The smallest absolute Gasteiger partial charge is 0.414 e. The lowest BCUT2D eigenvalue weighted by Crippen LogP contribution is -2.53. The number of hydrogen-bond donors (Lipinski definition) is 2. The van der Waals surface area contributed by atoms with Crippen molar-refractivity contribution in [3.63, 3.8) is 0 Å². The van der Waals surface area contributed by atoms with Crippen LogP contribution in [0.4, 0.5) is 4.79 Å². The maximum Gasteiger partial charge on any atom is 0.414 e. The lowest BCUT2D eigenvalue weighted by molar-refractivity contribution is -0.135. The van der Waals surface area contributed by atoms with Gasteiger partial charge >= 0.3 is 6.09 Å². The molecule has 0 saturated carbocycles. The highest BCUT2D eigenvalue weighted by molar-refractivity contribution is 5.96. The molecule has 8 nitrogen and oxygen atoms in total. The number of hydrogen-bond acceptors (Lipinski definition) is 5. The lowest BCUT2D eigenvalue weighted by atomic mass is 9.97. The fraction of sp³-hybridized carbons (Fsp3) is 0.571. The van der Waals surface area contributed by atoms with E-state index in [1.807, 2.05) is 26.8 Å². The number of carbonyl (C=O) groups is 3. The Morgan fingerprint density at radius 3 is 2.24 bits per heavy atom. The van der Waals surface area contributed by atoms with E-state index in [4.69, 9.17) is 9.47 Å². The van der Waals surface area contributed by atoms with Gasteiger partial charge in [-0.1, -0.05) is 26.3 Å². The van der Waals surface area contributed by atoms with Crippen molar-refractivity contribution < 1.29 is 29.0 Å². The number of nitrogens with one attached hydrogen (secondary N) is 1. The molecule has 0 aliphatic heterocycles. The Bertz CT molecular complexity index is 706. The number of amides is 3. The molecule has 0 aliphatic carbocycles. The third-order valence-corrected chi connectivity index (χ3v) is 4.57. The lowest BCUT2D eigenvalue weighted by Gasteiger charge is -2.27. The minimum absolute atomic E-state index is 0.0275. The normalized spacial score (nSPS) is 12.6. The maximum atomic E-state index is 12.8. The summed E-state index contributed by atoms with van der Waals surface area (Å²) in [5, 5.41) is 12.1. The van der Waals surface area contributed by atoms with Crippen LogP contribution in [0.3, 0.4) is 0 Å². The molecular weight excluding hydrogens is 376 g/mol. The third-order valence-electron chi connectivity index (χ3n) is 4.57. The summed E-state index contributed by atoms with van der Waals surface area (Å²) in [6.07, 6.45) is -0.400. The zero-order valence-electron chi connectivity index (χ0n) is 17.9. The van der Waals surface area contributed by atoms with E-state index in [1.54, 1.807) is 19.1 Å². The van der Waals surface area contributed by atoms with Crippen molar-refractivity contribution in [3.8, 4) is 11.5 Å². The van der Waals surface area contributed by atoms with E-state index < -0.39 is 18.0 Å². The summed E-state index contributed by atoms with van der Waals surface area (Å²) in [7, 11) is 0. The Labute approximate surface area is 172 Å². The molecule has 1 aromatic rings. The number of nitrogens with zero attached hydrogens (tertiary/aromatic N) is 1. The molecule has 162 valence electrons. The molecule has 0 radical (unpaired) electrons. The summed E-state index contributed by atoms with van der Waals surface area (Å²) in [5.74, 6) is 0.00528. The van der Waals surface area contributed by atoms with Crippen LogP contribution in [0.15, 0.2) is 18.2 Å². The Hall–Kier alpha value is -2.77. The molecule has 0 fully saturated rings. The molecular formula is C21H32N2O6. The predicted molar refractivity (Wildman–Crippen MR) is 109 cm³/mol. The number of rotatable bonds is 11. The molecule has 8 heteroatoms. The van der Waals surface area contributed by atoms with Crippen molar-refractivity contribution in [2.24, 2.45) is 5.92 Å². The fourth-order valence-corrected chi connectivity index (χ4v) is 2.86. The van der Waals surface area contributed by atoms with E-state index in [1.165, 1.54) is 6.92 Å². The van der Waals surface area contributed by atoms with Crippen LogP contribution in [-0.4, -0.2) is 53.7 Å². The molecule has 0 aromatic heterocycles. The van der Waals surface area contributed by atoms with Crippen molar-refractivity contribution in [2.75, 3.05) is 19.8 Å². The van der Waals surface area contributed by atoms with Crippen LogP contribution in [0, 0.1) is 5.92 Å². The Morgan fingerprint density at radius 2 is 1.72 bits per heavy atom. The molecule has 29 heavy (non-hydrogen) atoms. The highest BCUT2D eigenvalue weighted by atomic mass is 16.5. The van der Waals surface area contributed by atoms with Crippen LogP contribution in [-0.2, 0) is 16.0 Å². The van der Waals surface area contributed by atoms with Gasteiger partial charge in [-0.25, -0.2) is 9.69 Å². The van der Waals surface area contributed by atoms with Gasteiger partial charge in [-0.3, -0.25) is 9.59 Å². The van der Waals surface area contributed by atoms with Gasteiger partial charge in [-0.05, 0) is 43.9 Å². The van der Waals surface area contributed by atoms with Gasteiger partial charge in [0.1, 0.15) is 6.04 Å². The number of imide groups is 1. The second-order valence-corrected chi connectivity index (χ2v) is 6.73. The van der Waals surface area contributed by atoms with Crippen LogP contribution in [0.5, 0.6) is 11.5 Å². The summed E-state index contributed by atoms with van der Waals surface area (Å²) in [6, 6.07) is 4.50. The first-order valence-electron chi connectivity index (χ1n) is 9.94. The monoisotopic (exact) mass is 408 g/mol. The Balaban J connectivity index is 2.99. The van der Waals surface area contributed by atoms with Crippen molar-refractivity contribution in [1.82, 2.24) is 10.2 Å². The van der Waals surface area contributed by atoms with E-state index in [9.17, 15) is 19.5 Å². The van der Waals surface area contributed by atoms with E-state index >= 15 is 0 Å². The van der Waals surface area contributed by atoms with E-state index in [0.29, 0.717) is 37.6 Å². The summed E-state index contributed by atoms with van der Waals surface area (Å²) < 4.78 is 11.1. The summed E-state index contributed by atoms with van der Waals surface area (Å²) in [4.78, 5) is 36.8. The summed E-state index contributed by atoms with van der Waals surface area (Å²) in [5.41, 5.74) is 0.815. The zero-order chi connectivity index (χ0) is 22.0. The predicted octanol–water partition coefficient (Wildman–Crippen LogP) is 3.08. The fourth-order valence-electron chi connectivity index (χ4n) is 2.86. The average molecular weight is 408 g/mol. The van der Waals surface area contributed by atoms with E-state index in [2.05, 4.69) is 5.32 Å². The topological polar surface area (TPSA) is 105 Å². The second kappa shape index (κ2) is 11.9. The van der Waals surface area contributed by atoms with Crippen molar-refractivity contribution in [3.05, 3.63) is 23.8 Å². The molecule has 0 saturated heterocycles. The van der Waals surface area contributed by atoms with Crippen LogP contribution in [0.2, 0.25) is 0 Å². The first-order chi connectivity index (χ1) is 13.7. The minimum atomic E-state index is -1.34. The van der Waals surface area contributed by atoms with Gasteiger partial charge in [0, 0.05) is 13.5 Å². The molecule has 0 aliphatic rings. The molecule has 3 amide bonds. The average Bonchev–Trinajstić information content (AvgIpc) is 2.67. The van der Waals surface area contributed by atoms with Gasteiger partial charge in [0.15, 0.2) is 11.5 Å². The number of carboxylic acid groups (broad SMARTS) is 1. The van der Waals surface area contributed by atoms with Gasteiger partial charge in [-0.2, -0.15) is 0 Å². The Morgan fingerprint density at radius 1 is 1.10 bits per heavy atom. The quantitative estimate of drug-likeness (QED) is 0.583. The molecule has 1 rings (SSSR count). The van der Waals surface area contributed by atoms with Crippen LogP contribution < -0.4 is 14.8 Å². The summed E-state index contributed by atoms with van der Waals surface area (Å²) in [6.45, 7) is 9.68. The first-order valence-corrected chi connectivity index (χ1v) is 9.94. The SMILES string of the molecule is CCOc1ccc(CCN(C(=O)O)C(=O)[C@@H](NC(C)=O)[C@@H](C)CC)cc1OCC. The highest BCUT2D eigenvalue weighted by Gasteiger charge is 2.32. The van der Waals surface area contributed by atoms with Gasteiger partial charge in [0.25, 0.3) is 5.91 Å². The highest BCUT2D eigenvalue weighted by Crippen LogP contribution is 2.28. The van der Waals surface area contributed by atoms with Crippen molar-refractivity contribution >= 4 is 17.9 Å². The molecule has 2 N–H and O–H groups in total. The van der Waals surface area contributed by atoms with Gasteiger partial charge in [0.05, 0.1) is 13.2 Å². The molecule has 0 bridgehead atoms. The standard InChI is InChI=1S/C21H32N2O6/c1-6-14(4)19(22-15(5)24)20(25)23(21(26)27)12-11-16-9-10-17(28-7-2)18(13-16)29-8-3/h9-10,13-14,19H,6-8,11-12H2,1-5H3,(H,22,24)(H,26,27)/t14-,19-/m0/s1. The third kappa shape index (κ3) is 7.29. The van der Waals surface area contributed by atoms with Crippen molar-refractivity contribution in [1.29, 1.82) is 0 Å². The van der Waals surface area contributed by atoms with E-state index in [0.717, 1.165) is 10.5 Å². The first kappa shape index (κ1) is 24.3. The van der Waals surface area contributed by atoms with Gasteiger partial charge < -0.3 is 19.9 Å².